The summed E-state index contributed by atoms with van der Waals surface area (Å²) in [6.45, 7) is 10.2. The van der Waals surface area contributed by atoms with Gasteiger partial charge >= 0.3 is 0 Å². The van der Waals surface area contributed by atoms with E-state index in [0.717, 1.165) is 30.3 Å². The summed E-state index contributed by atoms with van der Waals surface area (Å²) < 4.78 is 0. The van der Waals surface area contributed by atoms with E-state index in [-0.39, 0.29) is 17.7 Å². The van der Waals surface area contributed by atoms with E-state index in [1.165, 1.54) is 18.5 Å². The fraction of sp³-hybridized carbons (Fsp3) is 0.440. The molecule has 0 aliphatic carbocycles. The van der Waals surface area contributed by atoms with Crippen molar-refractivity contribution in [2.24, 2.45) is 11.8 Å². The van der Waals surface area contributed by atoms with Crippen LogP contribution in [0.3, 0.4) is 0 Å². The molecule has 2 aromatic carbocycles. The predicted octanol–water partition coefficient (Wildman–Crippen LogP) is 4.62. The molecule has 0 spiro atoms. The zero-order chi connectivity index (χ0) is 21.7. The highest BCUT2D eigenvalue weighted by molar-refractivity contribution is 6.02. The summed E-state index contributed by atoms with van der Waals surface area (Å²) in [7, 11) is 0. The second-order valence-electron chi connectivity index (χ2n) is 8.72. The molecule has 1 aliphatic heterocycles. The Morgan fingerprint density at radius 1 is 1.00 bits per heavy atom. The SMILES string of the molecule is Cc1ccccc1C(=O)NC(C(=O)Nc1ccc(N2CCC(C)CC2)cc1)C(C)C. The first-order valence-electron chi connectivity index (χ1n) is 10.9. The summed E-state index contributed by atoms with van der Waals surface area (Å²) in [5.74, 6) is 0.332. The second-order valence-corrected chi connectivity index (χ2v) is 8.72. The Kier molecular flexibility index (Phi) is 7.14. The number of aryl methyl sites for hydroxylation is 1. The Labute approximate surface area is 179 Å². The molecule has 2 N–H and O–H groups in total. The van der Waals surface area contributed by atoms with Gasteiger partial charge in [-0.25, -0.2) is 0 Å². The first-order chi connectivity index (χ1) is 14.3. The van der Waals surface area contributed by atoms with Crippen molar-refractivity contribution < 1.29 is 9.59 Å². The number of nitrogens with one attached hydrogen (secondary N) is 2. The first-order valence-corrected chi connectivity index (χ1v) is 10.9. The lowest BCUT2D eigenvalue weighted by molar-refractivity contribution is -0.118. The Balaban J connectivity index is 1.63. The van der Waals surface area contributed by atoms with Crippen LogP contribution in [0.25, 0.3) is 0 Å². The van der Waals surface area contributed by atoms with E-state index in [2.05, 4.69) is 34.6 Å². The van der Waals surface area contributed by atoms with Crippen LogP contribution >= 0.6 is 0 Å². The highest BCUT2D eigenvalue weighted by atomic mass is 16.2. The van der Waals surface area contributed by atoms with Gasteiger partial charge in [0.15, 0.2) is 0 Å². The maximum Gasteiger partial charge on any atom is 0.252 e. The van der Waals surface area contributed by atoms with Crippen LogP contribution in [0.1, 0.15) is 49.5 Å². The maximum atomic E-state index is 12.9. The van der Waals surface area contributed by atoms with Crippen LogP contribution < -0.4 is 15.5 Å². The molecule has 1 saturated heterocycles. The third-order valence-corrected chi connectivity index (χ3v) is 5.91. The predicted molar refractivity (Wildman–Crippen MR) is 123 cm³/mol. The van der Waals surface area contributed by atoms with Gasteiger partial charge in [-0.2, -0.15) is 0 Å². The summed E-state index contributed by atoms with van der Waals surface area (Å²) in [6.07, 6.45) is 2.43. The number of nitrogens with zero attached hydrogens (tertiary/aromatic N) is 1. The lowest BCUT2D eigenvalue weighted by Crippen LogP contribution is -2.47. The lowest BCUT2D eigenvalue weighted by Gasteiger charge is -2.32. The van der Waals surface area contributed by atoms with E-state index in [9.17, 15) is 9.59 Å². The minimum absolute atomic E-state index is 0.0346. The minimum Gasteiger partial charge on any atom is -0.372 e. The summed E-state index contributed by atoms with van der Waals surface area (Å²) in [5.41, 5.74) is 3.41. The molecular weight excluding hydrogens is 374 g/mol. The molecule has 0 aromatic heterocycles. The quantitative estimate of drug-likeness (QED) is 0.734. The molecule has 1 unspecified atom stereocenters. The molecular formula is C25H33N3O2. The van der Waals surface area contributed by atoms with Crippen LogP contribution in [-0.4, -0.2) is 30.9 Å². The van der Waals surface area contributed by atoms with Crippen LogP contribution in [0.15, 0.2) is 48.5 Å². The standard InChI is InChI=1S/C25H33N3O2/c1-17(2)23(27-24(29)22-8-6-5-7-19(22)4)25(30)26-20-9-11-21(12-10-20)28-15-13-18(3)14-16-28/h5-12,17-18,23H,13-16H2,1-4H3,(H,26,30)(H,27,29). The van der Waals surface area contributed by atoms with Gasteiger partial charge in [-0.1, -0.05) is 39.0 Å². The molecule has 1 heterocycles. The molecule has 0 bridgehead atoms. The zero-order valence-corrected chi connectivity index (χ0v) is 18.4. The molecule has 5 nitrogen and oxygen atoms in total. The molecule has 3 rings (SSSR count). The van der Waals surface area contributed by atoms with Crippen molar-refractivity contribution >= 4 is 23.2 Å². The van der Waals surface area contributed by atoms with Crippen molar-refractivity contribution in [1.29, 1.82) is 0 Å². The normalized spacial score (nSPS) is 15.7. The third kappa shape index (κ3) is 5.41. The fourth-order valence-corrected chi connectivity index (χ4v) is 3.82. The number of benzene rings is 2. The van der Waals surface area contributed by atoms with Crippen LogP contribution in [0.5, 0.6) is 0 Å². The van der Waals surface area contributed by atoms with Crippen molar-refractivity contribution in [2.75, 3.05) is 23.3 Å². The van der Waals surface area contributed by atoms with E-state index in [4.69, 9.17) is 0 Å². The number of rotatable bonds is 6. The number of piperidine rings is 1. The third-order valence-electron chi connectivity index (χ3n) is 5.91. The van der Waals surface area contributed by atoms with Crippen molar-refractivity contribution in [3.63, 3.8) is 0 Å². The molecule has 2 amide bonds. The van der Waals surface area contributed by atoms with Gasteiger partial charge < -0.3 is 15.5 Å². The van der Waals surface area contributed by atoms with Crippen molar-refractivity contribution in [3.05, 3.63) is 59.7 Å². The average Bonchev–Trinajstić information content (AvgIpc) is 2.73. The number of anilines is 2. The van der Waals surface area contributed by atoms with Gasteiger partial charge in [-0.3, -0.25) is 9.59 Å². The molecule has 1 fully saturated rings. The highest BCUT2D eigenvalue weighted by Gasteiger charge is 2.25. The number of carbonyl (C=O) groups excluding carboxylic acids is 2. The van der Waals surface area contributed by atoms with E-state index in [1.807, 2.05) is 51.1 Å². The van der Waals surface area contributed by atoms with E-state index < -0.39 is 6.04 Å². The minimum atomic E-state index is -0.611. The molecule has 1 atom stereocenters. The van der Waals surface area contributed by atoms with Gasteiger partial charge in [0.2, 0.25) is 5.91 Å². The molecule has 0 saturated carbocycles. The highest BCUT2D eigenvalue weighted by Crippen LogP contribution is 2.24. The van der Waals surface area contributed by atoms with Gasteiger partial charge in [-0.15, -0.1) is 0 Å². The summed E-state index contributed by atoms with van der Waals surface area (Å²) >= 11 is 0. The van der Waals surface area contributed by atoms with Crippen molar-refractivity contribution in [1.82, 2.24) is 5.32 Å². The van der Waals surface area contributed by atoms with Gasteiger partial charge in [0.05, 0.1) is 0 Å². The summed E-state index contributed by atoms with van der Waals surface area (Å²) in [6, 6.07) is 14.8. The first kappa shape index (κ1) is 21.9. The van der Waals surface area contributed by atoms with E-state index >= 15 is 0 Å². The van der Waals surface area contributed by atoms with Crippen LogP contribution in [0.4, 0.5) is 11.4 Å². The fourth-order valence-electron chi connectivity index (χ4n) is 3.82. The van der Waals surface area contributed by atoms with Crippen LogP contribution in [0.2, 0.25) is 0 Å². The number of hydrogen-bond donors (Lipinski definition) is 2. The average molecular weight is 408 g/mol. The Bertz CT molecular complexity index is 868. The second kappa shape index (κ2) is 9.79. The van der Waals surface area contributed by atoms with Crippen molar-refractivity contribution in [3.8, 4) is 0 Å². The monoisotopic (exact) mass is 407 g/mol. The molecule has 2 aromatic rings. The molecule has 30 heavy (non-hydrogen) atoms. The number of amides is 2. The number of carbonyl (C=O) groups is 2. The van der Waals surface area contributed by atoms with Crippen LogP contribution in [0, 0.1) is 18.8 Å². The molecule has 1 aliphatic rings. The summed E-state index contributed by atoms with van der Waals surface area (Å²) in [4.78, 5) is 28.0. The van der Waals surface area contributed by atoms with Gasteiger partial charge in [0.1, 0.15) is 6.04 Å². The van der Waals surface area contributed by atoms with E-state index in [0.29, 0.717) is 5.56 Å². The lowest BCUT2D eigenvalue weighted by atomic mass is 9.99. The largest absolute Gasteiger partial charge is 0.372 e. The Hall–Kier alpha value is -2.82. The molecule has 0 radical (unpaired) electrons. The maximum absolute atomic E-state index is 12.9. The molecule has 5 heteroatoms. The topological polar surface area (TPSA) is 61.4 Å². The zero-order valence-electron chi connectivity index (χ0n) is 18.4. The van der Waals surface area contributed by atoms with Crippen LogP contribution in [-0.2, 0) is 4.79 Å². The Morgan fingerprint density at radius 2 is 1.63 bits per heavy atom. The van der Waals surface area contributed by atoms with Gasteiger partial charge in [0, 0.05) is 30.0 Å². The smallest absolute Gasteiger partial charge is 0.252 e. The van der Waals surface area contributed by atoms with Gasteiger partial charge in [-0.05, 0) is 67.5 Å². The summed E-state index contributed by atoms with van der Waals surface area (Å²) in [5, 5.41) is 5.86. The van der Waals surface area contributed by atoms with Gasteiger partial charge in [0.25, 0.3) is 5.91 Å². The van der Waals surface area contributed by atoms with E-state index in [1.54, 1.807) is 6.07 Å². The Morgan fingerprint density at radius 3 is 2.23 bits per heavy atom. The van der Waals surface area contributed by atoms with Crippen molar-refractivity contribution in [2.45, 2.75) is 46.6 Å². The number of hydrogen-bond acceptors (Lipinski definition) is 3. The molecule has 160 valence electrons.